The molecule has 0 bridgehead atoms. The molecule has 7 nitrogen and oxygen atoms in total. The highest BCUT2D eigenvalue weighted by molar-refractivity contribution is 8.00. The van der Waals surface area contributed by atoms with E-state index < -0.39 is 22.0 Å². The summed E-state index contributed by atoms with van der Waals surface area (Å²) >= 11 is 1.38. The van der Waals surface area contributed by atoms with Crippen molar-refractivity contribution in [1.82, 2.24) is 4.31 Å². The Kier molecular flexibility index (Phi) is 5.47. The zero-order valence-electron chi connectivity index (χ0n) is 14.9. The topological polar surface area (TPSA) is 82.1 Å². The molecular weight excluding hydrogens is 402 g/mol. The van der Waals surface area contributed by atoms with Crippen molar-refractivity contribution in [2.45, 2.75) is 17.5 Å². The maximum atomic E-state index is 13.1. The minimum absolute atomic E-state index is 0.0695. The van der Waals surface area contributed by atoms with Gasteiger partial charge in [0.2, 0.25) is 10.0 Å². The molecule has 9 heteroatoms. The smallest absolute Gasteiger partial charge is 0.325 e. The second kappa shape index (κ2) is 8.02. The van der Waals surface area contributed by atoms with Crippen LogP contribution in [0.25, 0.3) is 0 Å². The van der Waals surface area contributed by atoms with Crippen molar-refractivity contribution in [1.29, 1.82) is 0 Å². The van der Waals surface area contributed by atoms with E-state index in [1.165, 1.54) is 28.2 Å². The third kappa shape index (κ3) is 3.82. The molecule has 148 valence electrons. The lowest BCUT2D eigenvalue weighted by atomic mass is 10.2. The SMILES string of the molecule is O=C(OCc1ccccc1)[C@@H]1CSCN1S(=O)(=O)c1ccc2c(c1)OCCO2. The van der Waals surface area contributed by atoms with Gasteiger partial charge in [0, 0.05) is 11.8 Å². The molecule has 0 N–H and O–H groups in total. The number of carbonyl (C=O) groups is 1. The van der Waals surface area contributed by atoms with Gasteiger partial charge in [-0.05, 0) is 17.7 Å². The number of thioether (sulfide) groups is 1. The van der Waals surface area contributed by atoms with E-state index in [1.54, 1.807) is 6.07 Å². The van der Waals surface area contributed by atoms with Gasteiger partial charge < -0.3 is 14.2 Å². The van der Waals surface area contributed by atoms with Crippen LogP contribution in [0.3, 0.4) is 0 Å². The van der Waals surface area contributed by atoms with E-state index in [0.717, 1.165) is 5.56 Å². The first-order valence-electron chi connectivity index (χ1n) is 8.75. The zero-order chi connectivity index (χ0) is 19.6. The quantitative estimate of drug-likeness (QED) is 0.685. The van der Waals surface area contributed by atoms with Gasteiger partial charge in [0.25, 0.3) is 0 Å². The summed E-state index contributed by atoms with van der Waals surface area (Å²) in [5, 5.41) is 0. The van der Waals surface area contributed by atoms with Gasteiger partial charge in [0.15, 0.2) is 11.5 Å². The maximum absolute atomic E-state index is 13.1. The average Bonchev–Trinajstić information content (AvgIpc) is 3.23. The third-order valence-electron chi connectivity index (χ3n) is 4.46. The normalized spacial score (nSPS) is 19.4. The number of sulfonamides is 1. The summed E-state index contributed by atoms with van der Waals surface area (Å²) in [5.74, 6) is 0.913. The molecule has 0 aliphatic carbocycles. The first-order valence-corrected chi connectivity index (χ1v) is 11.3. The largest absolute Gasteiger partial charge is 0.486 e. The third-order valence-corrected chi connectivity index (χ3v) is 7.48. The fraction of sp³-hybridized carbons (Fsp3) is 0.316. The first-order chi connectivity index (χ1) is 13.6. The van der Waals surface area contributed by atoms with E-state index in [0.29, 0.717) is 30.5 Å². The predicted octanol–water partition coefficient (Wildman–Crippen LogP) is 2.26. The Morgan fingerprint density at radius 2 is 1.86 bits per heavy atom. The van der Waals surface area contributed by atoms with Crippen molar-refractivity contribution in [3.8, 4) is 11.5 Å². The van der Waals surface area contributed by atoms with Gasteiger partial charge in [0.05, 0.1) is 10.8 Å². The number of benzene rings is 2. The van der Waals surface area contributed by atoms with E-state index in [-0.39, 0.29) is 17.4 Å². The standard InChI is InChI=1S/C19H19NO6S2/c21-19(26-11-14-4-2-1-3-5-14)16-12-27-13-20(16)28(22,23)15-6-7-17-18(10-15)25-9-8-24-17/h1-7,10,16H,8-9,11-13H2/t16-/m0/s1. The van der Waals surface area contributed by atoms with Gasteiger partial charge in [-0.15, -0.1) is 11.8 Å². The molecule has 2 aliphatic rings. The fourth-order valence-electron chi connectivity index (χ4n) is 2.99. The molecule has 0 radical (unpaired) electrons. The second-order valence-corrected chi connectivity index (χ2v) is 9.20. The highest BCUT2D eigenvalue weighted by atomic mass is 32.2. The molecule has 2 heterocycles. The molecule has 2 aliphatic heterocycles. The van der Waals surface area contributed by atoms with E-state index in [9.17, 15) is 13.2 Å². The van der Waals surface area contributed by atoms with Gasteiger partial charge in [0.1, 0.15) is 25.9 Å². The summed E-state index contributed by atoms with van der Waals surface area (Å²) in [4.78, 5) is 12.6. The number of hydrogen-bond donors (Lipinski definition) is 0. The molecule has 0 unspecified atom stereocenters. The molecule has 4 rings (SSSR count). The van der Waals surface area contributed by atoms with Crippen LogP contribution >= 0.6 is 11.8 Å². The number of nitrogens with zero attached hydrogens (tertiary/aromatic N) is 1. The van der Waals surface area contributed by atoms with Crippen molar-refractivity contribution < 1.29 is 27.4 Å². The van der Waals surface area contributed by atoms with Crippen LogP contribution in [0.15, 0.2) is 53.4 Å². The van der Waals surface area contributed by atoms with Crippen LogP contribution in [-0.2, 0) is 26.2 Å². The number of hydrogen-bond acceptors (Lipinski definition) is 7. The summed E-state index contributed by atoms with van der Waals surface area (Å²) in [7, 11) is -3.87. The minimum Gasteiger partial charge on any atom is -0.486 e. The van der Waals surface area contributed by atoms with Crippen LogP contribution < -0.4 is 9.47 Å². The van der Waals surface area contributed by atoms with Gasteiger partial charge in [-0.1, -0.05) is 30.3 Å². The summed E-state index contributed by atoms with van der Waals surface area (Å²) in [6.45, 7) is 0.903. The van der Waals surface area contributed by atoms with E-state index in [4.69, 9.17) is 14.2 Å². The Labute approximate surface area is 167 Å². The molecule has 0 amide bonds. The van der Waals surface area contributed by atoms with Gasteiger partial charge >= 0.3 is 5.97 Å². The van der Waals surface area contributed by atoms with Crippen LogP contribution in [0.4, 0.5) is 0 Å². The second-order valence-electron chi connectivity index (χ2n) is 6.31. The Hall–Kier alpha value is -2.23. The lowest BCUT2D eigenvalue weighted by molar-refractivity contribution is -0.148. The molecule has 2 aromatic rings. The van der Waals surface area contributed by atoms with Gasteiger partial charge in [-0.2, -0.15) is 4.31 Å². The van der Waals surface area contributed by atoms with Gasteiger partial charge in [-0.25, -0.2) is 8.42 Å². The monoisotopic (exact) mass is 421 g/mol. The first kappa shape index (κ1) is 19.1. The summed E-state index contributed by atoms with van der Waals surface area (Å²) < 4.78 is 43.7. The van der Waals surface area contributed by atoms with Crippen LogP contribution in [0.1, 0.15) is 5.56 Å². The lowest BCUT2D eigenvalue weighted by Crippen LogP contribution is -2.42. The summed E-state index contributed by atoms with van der Waals surface area (Å²) in [6.07, 6.45) is 0. The number of esters is 1. The molecule has 1 atom stereocenters. The van der Waals surface area contributed by atoms with Crippen LogP contribution in [-0.4, -0.2) is 49.6 Å². The van der Waals surface area contributed by atoms with E-state index in [1.807, 2.05) is 30.3 Å². The molecule has 2 aromatic carbocycles. The van der Waals surface area contributed by atoms with Crippen molar-refractivity contribution >= 4 is 27.8 Å². The molecule has 1 saturated heterocycles. The minimum atomic E-state index is -3.87. The highest BCUT2D eigenvalue weighted by Gasteiger charge is 2.41. The Morgan fingerprint density at radius 1 is 1.11 bits per heavy atom. The fourth-order valence-corrected chi connectivity index (χ4v) is 6.13. The molecule has 0 saturated carbocycles. The number of fused-ring (bicyclic) bond motifs is 1. The molecular formula is C19H19NO6S2. The molecule has 1 fully saturated rings. The van der Waals surface area contributed by atoms with Crippen molar-refractivity contribution in [2.24, 2.45) is 0 Å². The summed E-state index contributed by atoms with van der Waals surface area (Å²) in [6, 6.07) is 12.9. The Morgan fingerprint density at radius 3 is 2.64 bits per heavy atom. The van der Waals surface area contributed by atoms with Crippen LogP contribution in [0, 0.1) is 0 Å². The average molecular weight is 421 g/mol. The number of rotatable bonds is 5. The van der Waals surface area contributed by atoms with Crippen molar-refractivity contribution in [3.63, 3.8) is 0 Å². The van der Waals surface area contributed by atoms with Gasteiger partial charge in [-0.3, -0.25) is 4.79 Å². The molecule has 0 spiro atoms. The van der Waals surface area contributed by atoms with Crippen molar-refractivity contribution in [3.05, 3.63) is 54.1 Å². The van der Waals surface area contributed by atoms with E-state index >= 15 is 0 Å². The lowest BCUT2D eigenvalue weighted by Gasteiger charge is -2.23. The Balaban J connectivity index is 1.51. The maximum Gasteiger partial charge on any atom is 0.325 e. The number of ether oxygens (including phenoxy) is 3. The predicted molar refractivity (Wildman–Crippen MR) is 104 cm³/mol. The highest BCUT2D eigenvalue weighted by Crippen LogP contribution is 2.35. The van der Waals surface area contributed by atoms with Crippen LogP contribution in [0.5, 0.6) is 11.5 Å². The zero-order valence-corrected chi connectivity index (χ0v) is 16.6. The van der Waals surface area contributed by atoms with Crippen molar-refractivity contribution in [2.75, 3.05) is 24.8 Å². The van der Waals surface area contributed by atoms with Crippen LogP contribution in [0.2, 0.25) is 0 Å². The Bertz CT molecular complexity index is 964. The summed E-state index contributed by atoms with van der Waals surface area (Å²) in [5.41, 5.74) is 0.850. The number of carbonyl (C=O) groups excluding carboxylic acids is 1. The molecule has 0 aromatic heterocycles. The molecule has 28 heavy (non-hydrogen) atoms. The van der Waals surface area contributed by atoms with E-state index in [2.05, 4.69) is 0 Å².